The van der Waals surface area contributed by atoms with Gasteiger partial charge in [0.15, 0.2) is 23.0 Å². The van der Waals surface area contributed by atoms with Crippen LogP contribution in [0, 0.1) is 19.7 Å². The molecule has 2 aromatic carbocycles. The highest BCUT2D eigenvalue weighted by atomic mass is 19.1. The van der Waals surface area contributed by atoms with Crippen molar-refractivity contribution in [1.29, 1.82) is 0 Å². The summed E-state index contributed by atoms with van der Waals surface area (Å²) in [4.78, 5) is 12.2. The molecule has 1 aliphatic heterocycles. The van der Waals surface area contributed by atoms with Gasteiger partial charge in [-0.05, 0) is 89.7 Å². The summed E-state index contributed by atoms with van der Waals surface area (Å²) < 4.78 is 28.3. The summed E-state index contributed by atoms with van der Waals surface area (Å²) >= 11 is 0. The number of aryl methyl sites for hydroxylation is 3. The number of piperidine rings is 1. The molecule has 0 bridgehead atoms. The fourth-order valence-corrected chi connectivity index (χ4v) is 5.63. The molecule has 10 heteroatoms. The second-order valence-electron chi connectivity index (χ2n) is 12.1. The van der Waals surface area contributed by atoms with Gasteiger partial charge in [-0.1, -0.05) is 24.6 Å². The van der Waals surface area contributed by atoms with Gasteiger partial charge in [-0.25, -0.2) is 14.1 Å². The monoisotopic (exact) mass is 589 g/mol. The molecule has 5 rings (SSSR count). The van der Waals surface area contributed by atoms with Gasteiger partial charge >= 0.3 is 0 Å². The SMILES string of the molecule is COC(C)(C)CCn1nc(N)c2c(-c3c(C)cccc3C)nc(Nc3ccc(OCCCN4CCCCC4)c(F)c3)nc21. The fourth-order valence-electron chi connectivity index (χ4n) is 5.63. The van der Waals surface area contributed by atoms with Gasteiger partial charge in [0.25, 0.3) is 0 Å². The third-order valence-electron chi connectivity index (χ3n) is 8.33. The van der Waals surface area contributed by atoms with Crippen molar-refractivity contribution in [3.8, 4) is 17.0 Å². The molecule has 0 spiro atoms. The van der Waals surface area contributed by atoms with Crippen molar-refractivity contribution in [2.75, 3.05) is 44.4 Å². The van der Waals surface area contributed by atoms with E-state index in [9.17, 15) is 0 Å². The Kier molecular flexibility index (Phi) is 9.46. The van der Waals surface area contributed by atoms with E-state index in [4.69, 9.17) is 25.2 Å². The number of aromatic nitrogens is 4. The van der Waals surface area contributed by atoms with E-state index in [1.807, 2.05) is 45.9 Å². The Labute approximate surface area is 253 Å². The molecule has 230 valence electrons. The van der Waals surface area contributed by atoms with E-state index in [-0.39, 0.29) is 11.4 Å². The maximum Gasteiger partial charge on any atom is 0.229 e. The van der Waals surface area contributed by atoms with Crippen molar-refractivity contribution >= 4 is 28.5 Å². The number of ether oxygens (including phenoxy) is 2. The van der Waals surface area contributed by atoms with Gasteiger partial charge in [0, 0.05) is 37.5 Å². The van der Waals surface area contributed by atoms with Crippen LogP contribution in [-0.2, 0) is 11.3 Å². The highest BCUT2D eigenvalue weighted by Gasteiger charge is 2.23. The Hall–Kier alpha value is -3.76. The Bertz CT molecular complexity index is 1540. The van der Waals surface area contributed by atoms with Crippen molar-refractivity contribution in [2.45, 2.75) is 71.9 Å². The zero-order valence-corrected chi connectivity index (χ0v) is 26.0. The maximum atomic E-state index is 15.1. The number of nitrogen functional groups attached to an aromatic ring is 1. The summed E-state index contributed by atoms with van der Waals surface area (Å²) in [6.45, 7) is 12.5. The lowest BCUT2D eigenvalue weighted by atomic mass is 9.98. The lowest BCUT2D eigenvalue weighted by molar-refractivity contribution is 0.0116. The predicted octanol–water partition coefficient (Wildman–Crippen LogP) is 6.64. The van der Waals surface area contributed by atoms with Crippen LogP contribution in [0.15, 0.2) is 36.4 Å². The normalized spacial score (nSPS) is 14.4. The fraction of sp³-hybridized carbons (Fsp3) is 0.485. The van der Waals surface area contributed by atoms with E-state index in [1.54, 1.807) is 23.9 Å². The van der Waals surface area contributed by atoms with E-state index in [0.29, 0.717) is 53.8 Å². The summed E-state index contributed by atoms with van der Waals surface area (Å²) in [5.74, 6) is 0.493. The van der Waals surface area contributed by atoms with Crippen molar-refractivity contribution in [1.82, 2.24) is 24.6 Å². The summed E-state index contributed by atoms with van der Waals surface area (Å²) in [7, 11) is 1.70. The van der Waals surface area contributed by atoms with Gasteiger partial charge in [0.05, 0.1) is 23.3 Å². The third kappa shape index (κ3) is 7.25. The Morgan fingerprint density at radius 2 is 1.77 bits per heavy atom. The van der Waals surface area contributed by atoms with Crippen LogP contribution < -0.4 is 15.8 Å². The molecule has 3 heterocycles. The second kappa shape index (κ2) is 13.3. The Balaban J connectivity index is 1.41. The number of halogens is 1. The van der Waals surface area contributed by atoms with Gasteiger partial charge in [0.2, 0.25) is 5.95 Å². The molecule has 9 nitrogen and oxygen atoms in total. The van der Waals surface area contributed by atoms with Crippen LogP contribution in [0.3, 0.4) is 0 Å². The molecule has 1 saturated heterocycles. The van der Waals surface area contributed by atoms with Gasteiger partial charge in [-0.3, -0.25) is 0 Å². The van der Waals surface area contributed by atoms with E-state index < -0.39 is 5.82 Å². The molecule has 1 aliphatic rings. The lowest BCUT2D eigenvalue weighted by Gasteiger charge is -2.26. The van der Waals surface area contributed by atoms with Crippen LogP contribution in [0.2, 0.25) is 0 Å². The van der Waals surface area contributed by atoms with Gasteiger partial charge in [0.1, 0.15) is 0 Å². The summed E-state index contributed by atoms with van der Waals surface area (Å²) in [5.41, 5.74) is 11.1. The van der Waals surface area contributed by atoms with E-state index in [1.165, 1.54) is 25.3 Å². The summed E-state index contributed by atoms with van der Waals surface area (Å²) in [6.07, 6.45) is 5.40. The molecule has 0 unspecified atom stereocenters. The molecular weight excluding hydrogens is 545 g/mol. The minimum Gasteiger partial charge on any atom is -0.490 e. The number of likely N-dealkylation sites (tertiary alicyclic amines) is 1. The first kappa shape index (κ1) is 30.7. The van der Waals surface area contributed by atoms with E-state index >= 15 is 4.39 Å². The number of nitrogens with two attached hydrogens (primary N) is 1. The molecular formula is C33H44FN7O2. The van der Waals surface area contributed by atoms with Crippen LogP contribution in [0.25, 0.3) is 22.3 Å². The molecule has 0 saturated carbocycles. The van der Waals surface area contributed by atoms with E-state index in [2.05, 4.69) is 15.3 Å². The smallest absolute Gasteiger partial charge is 0.229 e. The van der Waals surface area contributed by atoms with Crippen LogP contribution in [0.5, 0.6) is 5.75 Å². The number of anilines is 3. The van der Waals surface area contributed by atoms with Crippen molar-refractivity contribution in [3.63, 3.8) is 0 Å². The zero-order valence-electron chi connectivity index (χ0n) is 26.0. The van der Waals surface area contributed by atoms with Crippen LogP contribution in [-0.4, -0.2) is 63.6 Å². The zero-order chi connectivity index (χ0) is 30.6. The predicted molar refractivity (Wildman–Crippen MR) is 170 cm³/mol. The number of nitrogens with one attached hydrogen (secondary N) is 1. The molecule has 1 fully saturated rings. The van der Waals surface area contributed by atoms with Crippen molar-refractivity contribution < 1.29 is 13.9 Å². The largest absolute Gasteiger partial charge is 0.490 e. The molecule has 3 N–H and O–H groups in total. The topological polar surface area (TPSA) is 103 Å². The number of hydrogen-bond acceptors (Lipinski definition) is 8. The second-order valence-corrected chi connectivity index (χ2v) is 12.1. The first-order valence-electron chi connectivity index (χ1n) is 15.2. The van der Waals surface area contributed by atoms with Gasteiger partial charge in [-0.2, -0.15) is 10.1 Å². The summed E-state index contributed by atoms with van der Waals surface area (Å²) in [5, 5.41) is 8.55. The highest BCUT2D eigenvalue weighted by molar-refractivity contribution is 6.00. The van der Waals surface area contributed by atoms with Crippen LogP contribution >= 0.6 is 0 Å². The highest BCUT2D eigenvalue weighted by Crippen LogP contribution is 2.36. The standard InChI is InChI=1S/C33H44FN7O2/c1-22-11-9-12-23(2)27(22)29-28-30(35)39-41(19-15-33(3,4)42-5)31(28)38-32(37-29)36-24-13-14-26(25(34)21-24)43-20-10-18-40-16-7-6-8-17-40/h9,11-14,21H,6-8,10,15-20H2,1-5H3,(H2,35,39)(H,36,37,38). The number of fused-ring (bicyclic) bond motifs is 1. The molecule has 0 amide bonds. The number of rotatable bonds is 12. The first-order chi connectivity index (χ1) is 20.6. The molecule has 4 aromatic rings. The summed E-state index contributed by atoms with van der Waals surface area (Å²) in [6, 6.07) is 11.0. The van der Waals surface area contributed by atoms with E-state index in [0.717, 1.165) is 42.7 Å². The Morgan fingerprint density at radius 1 is 1.02 bits per heavy atom. The average Bonchev–Trinajstić information content (AvgIpc) is 3.30. The van der Waals surface area contributed by atoms with Gasteiger partial charge in [-0.15, -0.1) is 0 Å². The van der Waals surface area contributed by atoms with Crippen LogP contribution in [0.4, 0.5) is 21.8 Å². The molecule has 0 aliphatic carbocycles. The molecule has 0 atom stereocenters. The van der Waals surface area contributed by atoms with Gasteiger partial charge < -0.3 is 25.4 Å². The number of nitrogens with zero attached hydrogens (tertiary/aromatic N) is 5. The number of methoxy groups -OCH3 is 1. The molecule has 0 radical (unpaired) electrons. The lowest BCUT2D eigenvalue weighted by Crippen LogP contribution is -2.31. The average molecular weight is 590 g/mol. The third-order valence-corrected chi connectivity index (χ3v) is 8.33. The molecule has 2 aromatic heterocycles. The Morgan fingerprint density at radius 3 is 2.47 bits per heavy atom. The molecule has 43 heavy (non-hydrogen) atoms. The van der Waals surface area contributed by atoms with Crippen molar-refractivity contribution in [3.05, 3.63) is 53.3 Å². The first-order valence-corrected chi connectivity index (χ1v) is 15.2. The maximum absolute atomic E-state index is 15.1. The minimum atomic E-state index is -0.435. The quantitative estimate of drug-likeness (QED) is 0.177. The number of benzene rings is 2. The van der Waals surface area contributed by atoms with Crippen LogP contribution in [0.1, 0.15) is 57.1 Å². The van der Waals surface area contributed by atoms with Crippen molar-refractivity contribution in [2.24, 2.45) is 0 Å². The number of hydrogen-bond donors (Lipinski definition) is 2. The minimum absolute atomic E-state index is 0.239.